The van der Waals surface area contributed by atoms with Gasteiger partial charge in [-0.3, -0.25) is 0 Å². The Kier molecular flexibility index (Phi) is 1.69. The number of nitrogens with zero attached hydrogens (tertiary/aromatic N) is 3. The van der Waals surface area contributed by atoms with E-state index in [2.05, 4.69) is 37.5 Å². The van der Waals surface area contributed by atoms with Crippen molar-refractivity contribution in [1.29, 1.82) is 0 Å². The second-order valence-corrected chi connectivity index (χ2v) is 3.33. The van der Waals surface area contributed by atoms with Gasteiger partial charge >= 0.3 is 0 Å². The molecule has 0 radical (unpaired) electrons. The second-order valence-electron chi connectivity index (χ2n) is 2.09. The molecule has 0 aliphatic heterocycles. The lowest BCUT2D eigenvalue weighted by Gasteiger charge is -1.93. The van der Waals surface area contributed by atoms with E-state index >= 15 is 0 Å². The number of hydrogen-bond acceptors (Lipinski definition) is 3. The standard InChI is InChI=1S/C7H4IN3/c8-6-1-5-2-9-4-11-7(5)10-3-6/h1-4H. The molecule has 0 saturated heterocycles. The Bertz CT molecular complexity index is 388. The Balaban J connectivity index is 2.83. The molecule has 0 bridgehead atoms. The van der Waals surface area contributed by atoms with E-state index in [0.29, 0.717) is 0 Å². The third-order valence-electron chi connectivity index (χ3n) is 1.32. The van der Waals surface area contributed by atoms with Crippen molar-refractivity contribution in [3.63, 3.8) is 0 Å². The molecule has 0 unspecified atom stereocenters. The maximum Gasteiger partial charge on any atom is 0.162 e. The first-order valence-electron chi connectivity index (χ1n) is 3.07. The summed E-state index contributed by atoms with van der Waals surface area (Å²) in [5, 5.41) is 0.986. The minimum absolute atomic E-state index is 0.750. The molecule has 0 spiro atoms. The molecule has 0 fully saturated rings. The zero-order valence-corrected chi connectivity index (χ0v) is 7.69. The van der Waals surface area contributed by atoms with Crippen LogP contribution in [0.1, 0.15) is 0 Å². The topological polar surface area (TPSA) is 38.7 Å². The maximum absolute atomic E-state index is 4.12. The Morgan fingerprint density at radius 2 is 2.09 bits per heavy atom. The highest BCUT2D eigenvalue weighted by Gasteiger charge is 1.94. The van der Waals surface area contributed by atoms with Crippen LogP contribution in [0.4, 0.5) is 0 Å². The van der Waals surface area contributed by atoms with Crippen LogP contribution in [0.5, 0.6) is 0 Å². The van der Waals surface area contributed by atoms with Gasteiger partial charge in [0.05, 0.1) is 0 Å². The largest absolute Gasteiger partial charge is 0.244 e. The van der Waals surface area contributed by atoms with Crippen molar-refractivity contribution < 1.29 is 0 Å². The molecule has 0 aromatic carbocycles. The van der Waals surface area contributed by atoms with Gasteiger partial charge in [-0.25, -0.2) is 15.0 Å². The quantitative estimate of drug-likeness (QED) is 0.673. The van der Waals surface area contributed by atoms with Crippen LogP contribution >= 0.6 is 22.6 Å². The first-order chi connectivity index (χ1) is 5.36. The molecular formula is C7H4IN3. The minimum Gasteiger partial charge on any atom is -0.244 e. The Morgan fingerprint density at radius 3 is 3.00 bits per heavy atom. The van der Waals surface area contributed by atoms with Crippen LogP contribution in [0.25, 0.3) is 11.0 Å². The number of pyridine rings is 1. The van der Waals surface area contributed by atoms with Gasteiger partial charge < -0.3 is 0 Å². The van der Waals surface area contributed by atoms with Gasteiger partial charge in [-0.05, 0) is 28.7 Å². The summed E-state index contributed by atoms with van der Waals surface area (Å²) in [6.45, 7) is 0. The zero-order valence-electron chi connectivity index (χ0n) is 5.53. The molecular weight excluding hydrogens is 253 g/mol. The van der Waals surface area contributed by atoms with Gasteiger partial charge in [-0.1, -0.05) is 0 Å². The predicted octanol–water partition coefficient (Wildman–Crippen LogP) is 1.63. The van der Waals surface area contributed by atoms with E-state index in [4.69, 9.17) is 0 Å². The van der Waals surface area contributed by atoms with E-state index in [1.807, 2.05) is 6.07 Å². The lowest BCUT2D eigenvalue weighted by atomic mass is 10.3. The van der Waals surface area contributed by atoms with Crippen molar-refractivity contribution in [3.05, 3.63) is 28.4 Å². The summed E-state index contributed by atoms with van der Waals surface area (Å²) in [6, 6.07) is 2.00. The third kappa shape index (κ3) is 1.30. The smallest absolute Gasteiger partial charge is 0.162 e. The van der Waals surface area contributed by atoms with Gasteiger partial charge in [-0.2, -0.15) is 0 Å². The molecule has 2 aromatic heterocycles. The predicted molar refractivity (Wildman–Crippen MR) is 50.1 cm³/mol. The number of halogens is 1. The Hall–Kier alpha value is -0.780. The highest BCUT2D eigenvalue weighted by Crippen LogP contribution is 2.10. The van der Waals surface area contributed by atoms with Gasteiger partial charge in [-0.15, -0.1) is 0 Å². The second kappa shape index (κ2) is 2.69. The fourth-order valence-electron chi connectivity index (χ4n) is 0.852. The molecule has 4 heteroatoms. The highest BCUT2D eigenvalue weighted by molar-refractivity contribution is 14.1. The summed E-state index contributed by atoms with van der Waals surface area (Å²) in [7, 11) is 0. The van der Waals surface area contributed by atoms with E-state index in [1.54, 1.807) is 12.4 Å². The van der Waals surface area contributed by atoms with Crippen LogP contribution in [0.15, 0.2) is 24.8 Å². The van der Waals surface area contributed by atoms with E-state index in [9.17, 15) is 0 Å². The molecule has 54 valence electrons. The normalized spacial score (nSPS) is 10.3. The fraction of sp³-hybridized carbons (Fsp3) is 0. The molecule has 0 atom stereocenters. The average Bonchev–Trinajstić information content (AvgIpc) is 2.04. The average molecular weight is 257 g/mol. The summed E-state index contributed by atoms with van der Waals surface area (Å²) in [4.78, 5) is 12.0. The first kappa shape index (κ1) is 6.90. The Labute approximate surface area is 77.0 Å². The van der Waals surface area contributed by atoms with Crippen LogP contribution in [-0.4, -0.2) is 15.0 Å². The fourth-order valence-corrected chi connectivity index (χ4v) is 1.33. The summed E-state index contributed by atoms with van der Waals surface area (Å²) in [5.41, 5.74) is 0.750. The molecule has 2 aromatic rings. The molecule has 2 rings (SSSR count). The molecule has 2 heterocycles. The van der Waals surface area contributed by atoms with E-state index in [0.717, 1.165) is 14.6 Å². The van der Waals surface area contributed by atoms with Crippen molar-refractivity contribution >= 4 is 33.6 Å². The first-order valence-corrected chi connectivity index (χ1v) is 4.15. The van der Waals surface area contributed by atoms with Crippen LogP contribution in [-0.2, 0) is 0 Å². The molecule has 0 N–H and O–H groups in total. The van der Waals surface area contributed by atoms with Gasteiger partial charge in [0.2, 0.25) is 0 Å². The third-order valence-corrected chi connectivity index (χ3v) is 1.91. The van der Waals surface area contributed by atoms with E-state index < -0.39 is 0 Å². The van der Waals surface area contributed by atoms with Crippen molar-refractivity contribution in [2.75, 3.05) is 0 Å². The van der Waals surface area contributed by atoms with Crippen LogP contribution in [0.2, 0.25) is 0 Å². The van der Waals surface area contributed by atoms with Gasteiger partial charge in [0, 0.05) is 21.4 Å². The molecule has 0 saturated carbocycles. The Morgan fingerprint density at radius 1 is 1.18 bits per heavy atom. The summed E-state index contributed by atoms with van der Waals surface area (Å²) in [5.74, 6) is 0. The van der Waals surface area contributed by atoms with Crippen molar-refractivity contribution in [3.8, 4) is 0 Å². The van der Waals surface area contributed by atoms with Crippen molar-refractivity contribution in [2.24, 2.45) is 0 Å². The molecule has 0 amide bonds. The van der Waals surface area contributed by atoms with E-state index in [1.165, 1.54) is 6.33 Å². The lowest BCUT2D eigenvalue weighted by molar-refractivity contribution is 1.18. The highest BCUT2D eigenvalue weighted by atomic mass is 127. The van der Waals surface area contributed by atoms with E-state index in [-0.39, 0.29) is 0 Å². The number of hydrogen-bond donors (Lipinski definition) is 0. The molecule has 3 nitrogen and oxygen atoms in total. The van der Waals surface area contributed by atoms with Gasteiger partial charge in [0.1, 0.15) is 6.33 Å². The SMILES string of the molecule is Ic1cnc2ncncc2c1. The number of aromatic nitrogens is 3. The monoisotopic (exact) mass is 257 g/mol. The van der Waals surface area contributed by atoms with Crippen molar-refractivity contribution in [2.45, 2.75) is 0 Å². The zero-order chi connectivity index (χ0) is 7.68. The van der Waals surface area contributed by atoms with Crippen molar-refractivity contribution in [1.82, 2.24) is 15.0 Å². The minimum atomic E-state index is 0.750. The molecule has 0 aliphatic rings. The molecule has 11 heavy (non-hydrogen) atoms. The van der Waals surface area contributed by atoms with Gasteiger partial charge in [0.15, 0.2) is 5.65 Å². The van der Waals surface area contributed by atoms with Gasteiger partial charge in [0.25, 0.3) is 0 Å². The maximum atomic E-state index is 4.12. The number of rotatable bonds is 0. The van der Waals surface area contributed by atoms with Crippen LogP contribution in [0.3, 0.4) is 0 Å². The molecule has 0 aliphatic carbocycles. The summed E-state index contributed by atoms with van der Waals surface area (Å²) in [6.07, 6.45) is 5.05. The van der Waals surface area contributed by atoms with Crippen LogP contribution in [0, 0.1) is 3.57 Å². The summed E-state index contributed by atoms with van der Waals surface area (Å²) < 4.78 is 1.10. The summed E-state index contributed by atoms with van der Waals surface area (Å²) >= 11 is 2.21. The van der Waals surface area contributed by atoms with Crippen LogP contribution < -0.4 is 0 Å². The number of fused-ring (bicyclic) bond motifs is 1. The lowest BCUT2D eigenvalue weighted by Crippen LogP contribution is -1.85.